The molecule has 0 fully saturated rings. The van der Waals surface area contributed by atoms with Gasteiger partial charge in [0.25, 0.3) is 0 Å². The zero-order valence-corrected chi connectivity index (χ0v) is 14.8. The Balaban J connectivity index is 3.52. The highest BCUT2D eigenvalue weighted by atomic mass is 16.3. The van der Waals surface area contributed by atoms with Gasteiger partial charge in [-0.3, -0.25) is 9.59 Å². The average molecular weight is 304 g/mol. The fourth-order valence-corrected chi connectivity index (χ4v) is 3.28. The maximum atomic E-state index is 12.5. The summed E-state index contributed by atoms with van der Waals surface area (Å²) in [7, 11) is 0. The number of hydrogen-bond donors (Lipinski definition) is 1. The number of rotatable bonds is 3. The van der Waals surface area contributed by atoms with Crippen LogP contribution in [0.4, 0.5) is 0 Å². The molecule has 22 heavy (non-hydrogen) atoms. The maximum Gasteiger partial charge on any atom is 0.160 e. The molecule has 1 atom stereocenters. The third-order valence-corrected chi connectivity index (χ3v) is 4.53. The van der Waals surface area contributed by atoms with Gasteiger partial charge >= 0.3 is 0 Å². The van der Waals surface area contributed by atoms with Crippen molar-refractivity contribution in [3.8, 4) is 0 Å². The third-order valence-electron chi connectivity index (χ3n) is 4.53. The van der Waals surface area contributed by atoms with Crippen molar-refractivity contribution in [1.82, 2.24) is 0 Å². The minimum absolute atomic E-state index is 0.105. The van der Waals surface area contributed by atoms with Crippen LogP contribution in [0.2, 0.25) is 0 Å². The predicted octanol–water partition coefficient (Wildman–Crippen LogP) is 3.78. The summed E-state index contributed by atoms with van der Waals surface area (Å²) in [5, 5.41) is 11.3. The molecular formula is C19H28O3. The smallest absolute Gasteiger partial charge is 0.160 e. The maximum absolute atomic E-state index is 12.5. The molecule has 3 nitrogen and oxygen atoms in total. The van der Waals surface area contributed by atoms with E-state index in [2.05, 4.69) is 0 Å². The van der Waals surface area contributed by atoms with E-state index in [4.69, 9.17) is 0 Å². The molecule has 3 heteroatoms. The number of ketones is 1. The molecule has 122 valence electrons. The second-order valence-corrected chi connectivity index (χ2v) is 7.88. The van der Waals surface area contributed by atoms with Crippen molar-refractivity contribution in [2.45, 2.75) is 60.5 Å². The van der Waals surface area contributed by atoms with Gasteiger partial charge in [-0.1, -0.05) is 40.7 Å². The molecule has 0 aromatic carbocycles. The lowest BCUT2D eigenvalue weighted by Crippen LogP contribution is -2.50. The van der Waals surface area contributed by atoms with Gasteiger partial charge in [0, 0.05) is 17.4 Å². The summed E-state index contributed by atoms with van der Waals surface area (Å²) >= 11 is 0. The van der Waals surface area contributed by atoms with Crippen molar-refractivity contribution in [3.05, 3.63) is 34.9 Å². The van der Waals surface area contributed by atoms with Gasteiger partial charge in [0.1, 0.15) is 11.9 Å². The molecule has 0 amide bonds. The SMILES string of the molecule is CC1=C(C(C)(C)C)C(=O)CC(C)(C)C1(O)/C=C/C(C)=C\C=O. The highest BCUT2D eigenvalue weighted by molar-refractivity contribution is 5.99. The lowest BCUT2D eigenvalue weighted by atomic mass is 9.59. The first-order valence-electron chi connectivity index (χ1n) is 7.65. The number of aliphatic hydroxyl groups is 1. The van der Waals surface area contributed by atoms with E-state index >= 15 is 0 Å². The molecule has 1 N–H and O–H groups in total. The molecule has 1 rings (SSSR count). The van der Waals surface area contributed by atoms with Crippen LogP contribution in [0.25, 0.3) is 0 Å². The number of allylic oxidation sites excluding steroid dienone is 4. The summed E-state index contributed by atoms with van der Waals surface area (Å²) in [6, 6.07) is 0. The first-order chi connectivity index (χ1) is 9.87. The van der Waals surface area contributed by atoms with E-state index in [1.807, 2.05) is 41.5 Å². The largest absolute Gasteiger partial charge is 0.381 e. The summed E-state index contributed by atoms with van der Waals surface area (Å²) in [5.41, 5.74) is 0.0591. The van der Waals surface area contributed by atoms with Gasteiger partial charge in [0.05, 0.1) is 0 Å². The van der Waals surface area contributed by atoms with E-state index in [0.29, 0.717) is 17.6 Å². The Kier molecular flexibility index (Phi) is 5.03. The van der Waals surface area contributed by atoms with E-state index in [1.54, 1.807) is 19.1 Å². The van der Waals surface area contributed by atoms with Crippen LogP contribution in [0.5, 0.6) is 0 Å². The molecular weight excluding hydrogens is 276 g/mol. The van der Waals surface area contributed by atoms with Crippen molar-refractivity contribution in [2.24, 2.45) is 10.8 Å². The van der Waals surface area contributed by atoms with E-state index < -0.39 is 11.0 Å². The first kappa shape index (κ1) is 18.6. The summed E-state index contributed by atoms with van der Waals surface area (Å²) < 4.78 is 0. The monoisotopic (exact) mass is 304 g/mol. The van der Waals surface area contributed by atoms with Crippen LogP contribution in [-0.4, -0.2) is 22.8 Å². The molecule has 0 heterocycles. The van der Waals surface area contributed by atoms with Crippen LogP contribution in [0, 0.1) is 10.8 Å². The predicted molar refractivity (Wildman–Crippen MR) is 89.5 cm³/mol. The highest BCUT2D eigenvalue weighted by Gasteiger charge is 2.51. The van der Waals surface area contributed by atoms with E-state index in [9.17, 15) is 14.7 Å². The highest BCUT2D eigenvalue weighted by Crippen LogP contribution is 2.49. The zero-order chi connectivity index (χ0) is 17.3. The van der Waals surface area contributed by atoms with Crippen LogP contribution in [0.3, 0.4) is 0 Å². The first-order valence-corrected chi connectivity index (χ1v) is 7.65. The van der Waals surface area contributed by atoms with Crippen molar-refractivity contribution in [1.29, 1.82) is 0 Å². The summed E-state index contributed by atoms with van der Waals surface area (Å²) in [5.74, 6) is 0.105. The fraction of sp³-hybridized carbons (Fsp3) is 0.579. The molecule has 0 spiro atoms. The Bertz CT molecular complexity index is 568. The Labute approximate surface area is 133 Å². The van der Waals surface area contributed by atoms with Crippen LogP contribution in [-0.2, 0) is 9.59 Å². The average Bonchev–Trinajstić information content (AvgIpc) is 2.32. The van der Waals surface area contributed by atoms with Crippen LogP contribution < -0.4 is 0 Å². The fourth-order valence-electron chi connectivity index (χ4n) is 3.28. The second-order valence-electron chi connectivity index (χ2n) is 7.88. The molecule has 1 aliphatic rings. The minimum Gasteiger partial charge on any atom is -0.381 e. The van der Waals surface area contributed by atoms with Crippen molar-refractivity contribution < 1.29 is 14.7 Å². The lowest BCUT2D eigenvalue weighted by Gasteiger charge is -2.47. The summed E-state index contributed by atoms with van der Waals surface area (Å²) in [6.07, 6.45) is 5.94. The third kappa shape index (κ3) is 3.30. The van der Waals surface area contributed by atoms with Gasteiger partial charge in [-0.05, 0) is 42.6 Å². The molecule has 0 saturated carbocycles. The van der Waals surface area contributed by atoms with Crippen LogP contribution in [0.15, 0.2) is 34.9 Å². The summed E-state index contributed by atoms with van der Waals surface area (Å²) in [4.78, 5) is 23.1. The minimum atomic E-state index is -1.21. The standard InChI is InChI=1S/C19H28O3/c1-13(9-11-20)8-10-19(22)14(2)16(17(3,4)5)15(21)12-18(19,6)7/h8-11,22H,12H2,1-7H3/b10-8+,13-9-. The molecule has 0 aromatic rings. The Morgan fingerprint density at radius 3 is 2.27 bits per heavy atom. The molecule has 0 radical (unpaired) electrons. The van der Waals surface area contributed by atoms with E-state index in [0.717, 1.165) is 11.9 Å². The lowest BCUT2D eigenvalue weighted by molar-refractivity contribution is -0.124. The van der Waals surface area contributed by atoms with Crippen LogP contribution >= 0.6 is 0 Å². The van der Waals surface area contributed by atoms with E-state index in [-0.39, 0.29) is 11.2 Å². The van der Waals surface area contributed by atoms with Gasteiger partial charge in [-0.15, -0.1) is 0 Å². The molecule has 0 aliphatic heterocycles. The van der Waals surface area contributed by atoms with Gasteiger partial charge < -0.3 is 5.11 Å². The van der Waals surface area contributed by atoms with Crippen molar-refractivity contribution >= 4 is 12.1 Å². The van der Waals surface area contributed by atoms with Crippen LogP contribution in [0.1, 0.15) is 54.9 Å². The second kappa shape index (κ2) is 5.96. The van der Waals surface area contributed by atoms with Gasteiger partial charge in [-0.2, -0.15) is 0 Å². The van der Waals surface area contributed by atoms with Crippen molar-refractivity contribution in [2.75, 3.05) is 0 Å². The van der Waals surface area contributed by atoms with Crippen molar-refractivity contribution in [3.63, 3.8) is 0 Å². The number of hydrogen-bond acceptors (Lipinski definition) is 3. The van der Waals surface area contributed by atoms with Gasteiger partial charge in [0.15, 0.2) is 5.78 Å². The van der Waals surface area contributed by atoms with E-state index in [1.165, 1.54) is 6.08 Å². The summed E-state index contributed by atoms with van der Waals surface area (Å²) in [6.45, 7) is 13.4. The number of Topliss-reactive ketones (excluding diaryl/α,β-unsaturated/α-hetero) is 1. The molecule has 1 aliphatic carbocycles. The number of carbonyl (C=O) groups excluding carboxylic acids is 2. The topological polar surface area (TPSA) is 54.4 Å². The van der Waals surface area contributed by atoms with Gasteiger partial charge in [0.2, 0.25) is 0 Å². The molecule has 0 bridgehead atoms. The molecule has 0 aromatic heterocycles. The zero-order valence-electron chi connectivity index (χ0n) is 14.8. The Morgan fingerprint density at radius 2 is 1.82 bits per heavy atom. The number of carbonyl (C=O) groups is 2. The Hall–Kier alpha value is -1.48. The quantitative estimate of drug-likeness (QED) is 0.490. The van der Waals surface area contributed by atoms with Gasteiger partial charge in [-0.25, -0.2) is 0 Å². The molecule has 0 saturated heterocycles. The number of aldehydes is 1. The Morgan fingerprint density at radius 1 is 1.27 bits per heavy atom. The molecule has 1 unspecified atom stereocenters. The normalized spacial score (nSPS) is 26.7.